The van der Waals surface area contributed by atoms with Gasteiger partial charge in [0.1, 0.15) is 0 Å². The highest BCUT2D eigenvalue weighted by molar-refractivity contribution is 5.94. The monoisotopic (exact) mass is 362 g/mol. The summed E-state index contributed by atoms with van der Waals surface area (Å²) in [5.74, 6) is 1.36. The van der Waals surface area contributed by atoms with Gasteiger partial charge in [-0.3, -0.25) is 4.79 Å². The quantitative estimate of drug-likeness (QED) is 0.561. The molecule has 0 aliphatic carbocycles. The third-order valence-electron chi connectivity index (χ3n) is 4.96. The van der Waals surface area contributed by atoms with E-state index in [9.17, 15) is 4.79 Å². The predicted molar refractivity (Wildman–Crippen MR) is 105 cm³/mol. The van der Waals surface area contributed by atoms with Crippen molar-refractivity contribution < 1.29 is 14.3 Å². The van der Waals surface area contributed by atoms with Crippen LogP contribution >= 0.6 is 0 Å². The summed E-state index contributed by atoms with van der Waals surface area (Å²) in [4.78, 5) is 16.9. The zero-order valence-electron chi connectivity index (χ0n) is 16.6. The molecule has 0 atom stereocenters. The lowest BCUT2D eigenvalue weighted by Crippen LogP contribution is -2.35. The van der Waals surface area contributed by atoms with Gasteiger partial charge in [-0.2, -0.15) is 0 Å². The van der Waals surface area contributed by atoms with E-state index in [1.165, 1.54) is 32.1 Å². The van der Waals surface area contributed by atoms with Crippen LogP contribution in [0.1, 0.15) is 55.8 Å². The van der Waals surface area contributed by atoms with Crippen LogP contribution in [0.15, 0.2) is 18.2 Å². The largest absolute Gasteiger partial charge is 0.493 e. The van der Waals surface area contributed by atoms with Crippen molar-refractivity contribution in [3.8, 4) is 11.5 Å². The SMILES string of the molecule is CCCCCCOc1ccc(C(=O)N(C)CCN2CCCC2)cc1OC. The number of nitrogens with zero attached hydrogens (tertiary/aromatic N) is 2. The van der Waals surface area contributed by atoms with Crippen molar-refractivity contribution in [3.05, 3.63) is 23.8 Å². The van der Waals surface area contributed by atoms with Crippen molar-refractivity contribution in [2.45, 2.75) is 45.4 Å². The Morgan fingerprint density at radius 3 is 2.62 bits per heavy atom. The minimum absolute atomic E-state index is 0.0250. The number of rotatable bonds is 11. The molecule has 5 nitrogen and oxygen atoms in total. The Kier molecular flexibility index (Phi) is 8.75. The second-order valence-electron chi connectivity index (χ2n) is 7.05. The molecule has 1 amide bonds. The van der Waals surface area contributed by atoms with E-state index in [1.807, 2.05) is 19.2 Å². The van der Waals surface area contributed by atoms with Crippen LogP contribution in [-0.2, 0) is 0 Å². The minimum Gasteiger partial charge on any atom is -0.493 e. The van der Waals surface area contributed by atoms with Gasteiger partial charge in [-0.1, -0.05) is 26.2 Å². The lowest BCUT2D eigenvalue weighted by atomic mass is 10.1. The van der Waals surface area contributed by atoms with E-state index in [-0.39, 0.29) is 5.91 Å². The summed E-state index contributed by atoms with van der Waals surface area (Å²) in [5.41, 5.74) is 0.643. The van der Waals surface area contributed by atoms with E-state index >= 15 is 0 Å². The van der Waals surface area contributed by atoms with E-state index in [0.717, 1.165) is 32.6 Å². The molecule has 1 aliphatic heterocycles. The van der Waals surface area contributed by atoms with E-state index < -0.39 is 0 Å². The van der Waals surface area contributed by atoms with Gasteiger partial charge in [-0.15, -0.1) is 0 Å². The number of carbonyl (C=O) groups excluding carboxylic acids is 1. The normalized spacial score (nSPS) is 14.4. The maximum Gasteiger partial charge on any atom is 0.253 e. The topological polar surface area (TPSA) is 42.0 Å². The van der Waals surface area contributed by atoms with E-state index in [1.54, 1.807) is 18.1 Å². The fourth-order valence-electron chi connectivity index (χ4n) is 3.25. The average molecular weight is 363 g/mol. The maximum absolute atomic E-state index is 12.7. The summed E-state index contributed by atoms with van der Waals surface area (Å²) in [7, 11) is 3.48. The van der Waals surface area contributed by atoms with Crippen LogP contribution in [0.2, 0.25) is 0 Å². The van der Waals surface area contributed by atoms with Crippen molar-refractivity contribution in [1.29, 1.82) is 0 Å². The standard InChI is InChI=1S/C21H34N2O3/c1-4-5-6-9-16-26-19-11-10-18(17-20(19)25-3)21(24)22(2)14-15-23-12-7-8-13-23/h10-11,17H,4-9,12-16H2,1-3H3. The molecule has 1 fully saturated rings. The Balaban J connectivity index is 1.88. The number of unbranched alkanes of at least 4 members (excludes halogenated alkanes) is 3. The van der Waals surface area contributed by atoms with Gasteiger partial charge in [0, 0.05) is 25.7 Å². The van der Waals surface area contributed by atoms with E-state index in [2.05, 4.69) is 11.8 Å². The number of likely N-dealkylation sites (tertiary alicyclic amines) is 1. The Morgan fingerprint density at radius 1 is 1.15 bits per heavy atom. The van der Waals surface area contributed by atoms with Crippen molar-refractivity contribution >= 4 is 5.91 Å². The number of carbonyl (C=O) groups is 1. The number of hydrogen-bond acceptors (Lipinski definition) is 4. The highest BCUT2D eigenvalue weighted by atomic mass is 16.5. The lowest BCUT2D eigenvalue weighted by molar-refractivity contribution is 0.0782. The predicted octanol–water partition coefficient (Wildman–Crippen LogP) is 3.82. The van der Waals surface area contributed by atoms with Crippen LogP contribution in [0, 0.1) is 0 Å². The summed E-state index contributed by atoms with van der Waals surface area (Å²) >= 11 is 0. The number of amides is 1. The van der Waals surface area contributed by atoms with Crippen molar-refractivity contribution in [2.24, 2.45) is 0 Å². The van der Waals surface area contributed by atoms with Crippen molar-refractivity contribution in [3.63, 3.8) is 0 Å². The highest BCUT2D eigenvalue weighted by Gasteiger charge is 2.17. The fourth-order valence-corrected chi connectivity index (χ4v) is 3.25. The first-order valence-corrected chi connectivity index (χ1v) is 9.94. The molecular formula is C21H34N2O3. The Labute approximate surface area is 158 Å². The van der Waals surface area contributed by atoms with Gasteiger partial charge >= 0.3 is 0 Å². The summed E-state index contributed by atoms with van der Waals surface area (Å²) in [6.07, 6.45) is 7.21. The second-order valence-corrected chi connectivity index (χ2v) is 7.05. The summed E-state index contributed by atoms with van der Waals surface area (Å²) < 4.78 is 11.3. The molecule has 5 heteroatoms. The van der Waals surface area contributed by atoms with Crippen molar-refractivity contribution in [1.82, 2.24) is 9.80 Å². The van der Waals surface area contributed by atoms with Crippen LogP contribution in [0.25, 0.3) is 0 Å². The van der Waals surface area contributed by atoms with Crippen LogP contribution in [0.5, 0.6) is 11.5 Å². The van der Waals surface area contributed by atoms with Crippen LogP contribution in [0.4, 0.5) is 0 Å². The molecule has 1 aromatic rings. The molecule has 1 aliphatic rings. The molecule has 146 valence electrons. The van der Waals surface area contributed by atoms with Gasteiger partial charge in [0.25, 0.3) is 5.91 Å². The molecule has 0 aromatic heterocycles. The smallest absolute Gasteiger partial charge is 0.253 e. The number of methoxy groups -OCH3 is 1. The van der Waals surface area contributed by atoms with Gasteiger partial charge in [-0.25, -0.2) is 0 Å². The Morgan fingerprint density at radius 2 is 1.92 bits per heavy atom. The molecule has 0 N–H and O–H groups in total. The van der Waals surface area contributed by atoms with Gasteiger partial charge in [0.15, 0.2) is 11.5 Å². The number of hydrogen-bond donors (Lipinski definition) is 0. The molecule has 0 unspecified atom stereocenters. The molecule has 26 heavy (non-hydrogen) atoms. The maximum atomic E-state index is 12.7. The molecule has 1 saturated heterocycles. The summed E-state index contributed by atoms with van der Waals surface area (Å²) in [5, 5.41) is 0. The third-order valence-corrected chi connectivity index (χ3v) is 4.96. The Hall–Kier alpha value is -1.75. The first-order valence-electron chi connectivity index (χ1n) is 9.94. The first-order chi connectivity index (χ1) is 12.7. The zero-order chi connectivity index (χ0) is 18.8. The molecule has 0 bridgehead atoms. The number of benzene rings is 1. The summed E-state index contributed by atoms with van der Waals surface area (Å²) in [6.45, 7) is 6.87. The van der Waals surface area contributed by atoms with E-state index in [4.69, 9.17) is 9.47 Å². The van der Waals surface area contributed by atoms with Crippen LogP contribution < -0.4 is 9.47 Å². The Bertz CT molecular complexity index is 556. The molecule has 2 rings (SSSR count). The number of likely N-dealkylation sites (N-methyl/N-ethyl adjacent to an activating group) is 1. The van der Waals surface area contributed by atoms with Gasteiger partial charge < -0.3 is 19.3 Å². The zero-order valence-corrected chi connectivity index (χ0v) is 16.6. The van der Waals surface area contributed by atoms with Gasteiger partial charge in [0.05, 0.1) is 13.7 Å². The second kappa shape index (κ2) is 11.1. The molecule has 0 spiro atoms. The molecule has 0 radical (unpaired) electrons. The highest BCUT2D eigenvalue weighted by Crippen LogP contribution is 2.28. The minimum atomic E-state index is 0.0250. The average Bonchev–Trinajstić information content (AvgIpc) is 3.19. The summed E-state index contributed by atoms with van der Waals surface area (Å²) in [6, 6.07) is 5.47. The fraction of sp³-hybridized carbons (Fsp3) is 0.667. The van der Waals surface area contributed by atoms with Crippen molar-refractivity contribution in [2.75, 3.05) is 46.9 Å². The number of ether oxygens (including phenoxy) is 2. The first kappa shape index (κ1) is 20.6. The van der Waals surface area contributed by atoms with Gasteiger partial charge in [0.2, 0.25) is 0 Å². The van der Waals surface area contributed by atoms with Crippen LogP contribution in [-0.4, -0.2) is 62.7 Å². The van der Waals surface area contributed by atoms with E-state index in [0.29, 0.717) is 23.7 Å². The van der Waals surface area contributed by atoms with Gasteiger partial charge in [-0.05, 0) is 50.6 Å². The third kappa shape index (κ3) is 6.20. The molecule has 1 aromatic carbocycles. The molecule has 0 saturated carbocycles. The molecule has 1 heterocycles. The van der Waals surface area contributed by atoms with Crippen LogP contribution in [0.3, 0.4) is 0 Å². The lowest BCUT2D eigenvalue weighted by Gasteiger charge is -2.22. The molecular weight excluding hydrogens is 328 g/mol.